The van der Waals surface area contributed by atoms with Crippen LogP contribution in [0.1, 0.15) is 44.0 Å². The zero-order chi connectivity index (χ0) is 39.4. The Bertz CT molecular complexity index is 2180. The van der Waals surface area contributed by atoms with Crippen molar-refractivity contribution in [3.05, 3.63) is 130 Å². The molecule has 6 aromatic rings. The second-order valence-electron chi connectivity index (χ2n) is 10.3. The van der Waals surface area contributed by atoms with Gasteiger partial charge in [-0.3, -0.25) is 9.59 Å². The van der Waals surface area contributed by atoms with Gasteiger partial charge in [-0.25, -0.2) is 37.5 Å². The van der Waals surface area contributed by atoms with Gasteiger partial charge >= 0.3 is 0 Å². The number of amides is 1. The average molecular weight is 814 g/mol. The molecule has 6 rings (SSSR count). The molecule has 0 bridgehead atoms. The highest BCUT2D eigenvalue weighted by Gasteiger charge is 2.21. The van der Waals surface area contributed by atoms with Gasteiger partial charge in [0.15, 0.2) is 23.4 Å². The summed E-state index contributed by atoms with van der Waals surface area (Å²) in [5, 5.41) is 1.44. The third-order valence-corrected chi connectivity index (χ3v) is 7.17. The number of anilines is 2. The van der Waals surface area contributed by atoms with Gasteiger partial charge < -0.3 is 19.9 Å². The van der Waals surface area contributed by atoms with Gasteiger partial charge in [-0.1, -0.05) is 17.7 Å². The van der Waals surface area contributed by atoms with Gasteiger partial charge in [-0.15, -0.1) is 23.2 Å². The number of carbonyl (C=O) groups is 2. The number of nitrogen functional groups attached to an aromatic ring is 1. The van der Waals surface area contributed by atoms with Crippen molar-refractivity contribution < 1.29 is 36.0 Å². The number of pyridine rings is 2. The maximum absolute atomic E-state index is 13.6. The molecule has 2 aromatic carbocycles. The van der Waals surface area contributed by atoms with Crippen LogP contribution in [0.15, 0.2) is 75.8 Å². The Morgan fingerprint density at radius 1 is 0.755 bits per heavy atom. The van der Waals surface area contributed by atoms with Crippen molar-refractivity contribution in [2.75, 3.05) is 16.4 Å². The van der Waals surface area contributed by atoms with E-state index in [4.69, 9.17) is 61.0 Å². The number of aryl methyl sites for hydroxylation is 4. The summed E-state index contributed by atoms with van der Waals surface area (Å²) in [6.07, 6.45) is 3.12. The van der Waals surface area contributed by atoms with E-state index in [0.29, 0.717) is 46.7 Å². The summed E-state index contributed by atoms with van der Waals surface area (Å²) >= 11 is 20.0. The van der Waals surface area contributed by atoms with Crippen molar-refractivity contribution in [3.8, 4) is 22.5 Å². The molecule has 0 unspecified atom stereocenters. The SMILES string of the molecule is Cc1nc(-c2ccc(N)nc2)c(C)o1.Cc1nc(-c2ccc(NC(=O)c3c(F)ccc(F)c3F)nc2)c(C)o1.ClCCl.O=C(Cl)c1cccc(F)c1Cl. The number of rotatable bonds is 5. The number of benzene rings is 2. The Morgan fingerprint density at radius 2 is 1.28 bits per heavy atom. The lowest BCUT2D eigenvalue weighted by Crippen LogP contribution is -2.17. The number of nitrogens with zero attached hydrogens (tertiary/aromatic N) is 4. The van der Waals surface area contributed by atoms with E-state index in [1.54, 1.807) is 32.2 Å². The Balaban J connectivity index is 0.000000227. The summed E-state index contributed by atoms with van der Waals surface area (Å²) in [5.41, 5.74) is 7.48. The number of oxazole rings is 2. The van der Waals surface area contributed by atoms with Crippen LogP contribution in [-0.4, -0.2) is 36.4 Å². The van der Waals surface area contributed by atoms with Crippen molar-refractivity contribution in [2.24, 2.45) is 0 Å². The molecule has 0 aliphatic carbocycles. The molecule has 1 amide bonds. The number of aromatic nitrogens is 4. The maximum atomic E-state index is 13.6. The minimum Gasteiger partial charge on any atom is -0.446 e. The normalized spacial score (nSPS) is 10.2. The zero-order valence-corrected chi connectivity index (χ0v) is 31.1. The Morgan fingerprint density at radius 3 is 1.72 bits per heavy atom. The predicted octanol–water partition coefficient (Wildman–Crippen LogP) is 10.2. The van der Waals surface area contributed by atoms with Gasteiger partial charge in [-0.05, 0) is 74.0 Å². The minimum absolute atomic E-state index is 0.00617. The lowest BCUT2D eigenvalue weighted by atomic mass is 10.1. The summed E-state index contributed by atoms with van der Waals surface area (Å²) < 4.78 is 63.7. The van der Waals surface area contributed by atoms with E-state index in [-0.39, 0.29) is 21.7 Å². The van der Waals surface area contributed by atoms with Crippen molar-refractivity contribution in [2.45, 2.75) is 27.7 Å². The van der Waals surface area contributed by atoms with Gasteiger partial charge in [0.25, 0.3) is 11.1 Å². The molecule has 0 saturated heterocycles. The summed E-state index contributed by atoms with van der Waals surface area (Å²) in [5.74, 6) is -2.68. The van der Waals surface area contributed by atoms with Crippen LogP contribution in [-0.2, 0) is 0 Å². The molecule has 0 fully saturated rings. The predicted molar refractivity (Wildman–Crippen MR) is 195 cm³/mol. The molecule has 278 valence electrons. The standard InChI is InChI=1S/C17H12F3N3O2.C10H11N3O.C7H3Cl2FO.CH2Cl2/c1-8-16(22-9(2)25-8)10-3-6-13(21-7-10)23-17(24)14-11(18)4-5-12(19)15(14)20;1-6-10(13-7(2)14-6)8-3-4-9(11)12-5-8;8-6-4(7(9)11)2-1-3-5(6)10;2-1-3/h3-7H,1-2H3,(H,21,23,24);3-5H,1-2H3,(H2,11,12);1-3H;1H2. The molecule has 0 aliphatic heterocycles. The fraction of sp³-hybridized carbons (Fsp3) is 0.143. The summed E-state index contributed by atoms with van der Waals surface area (Å²) in [6.45, 7) is 7.16. The van der Waals surface area contributed by atoms with Crippen LogP contribution in [0.4, 0.5) is 29.2 Å². The number of carbonyl (C=O) groups excluding carboxylic acids is 2. The minimum atomic E-state index is -1.55. The van der Waals surface area contributed by atoms with Crippen molar-refractivity contribution >= 4 is 69.2 Å². The molecule has 0 spiro atoms. The van der Waals surface area contributed by atoms with E-state index in [9.17, 15) is 27.2 Å². The molecule has 4 heterocycles. The molecule has 0 atom stereocenters. The average Bonchev–Trinajstić information content (AvgIpc) is 3.63. The van der Waals surface area contributed by atoms with Crippen LogP contribution < -0.4 is 11.1 Å². The molecule has 53 heavy (non-hydrogen) atoms. The Labute approximate surface area is 320 Å². The highest BCUT2D eigenvalue weighted by molar-refractivity contribution is 6.68. The summed E-state index contributed by atoms with van der Waals surface area (Å²) in [7, 11) is 0. The van der Waals surface area contributed by atoms with Crippen LogP contribution in [0.25, 0.3) is 22.5 Å². The van der Waals surface area contributed by atoms with Crippen molar-refractivity contribution in [1.82, 2.24) is 19.9 Å². The van der Waals surface area contributed by atoms with E-state index >= 15 is 0 Å². The molecule has 3 N–H and O–H groups in total. The van der Waals surface area contributed by atoms with Crippen molar-refractivity contribution in [1.29, 1.82) is 0 Å². The van der Waals surface area contributed by atoms with Gasteiger partial charge in [0.2, 0.25) is 0 Å². The molecule has 10 nitrogen and oxygen atoms in total. The lowest BCUT2D eigenvalue weighted by Gasteiger charge is -2.07. The first-order valence-electron chi connectivity index (χ1n) is 14.8. The third kappa shape index (κ3) is 11.7. The number of hydrogen-bond donors (Lipinski definition) is 2. The molecule has 0 aliphatic rings. The number of nitrogens with one attached hydrogen (secondary N) is 1. The molecular weight excluding hydrogens is 786 g/mol. The smallest absolute Gasteiger partial charge is 0.262 e. The number of nitrogens with two attached hydrogens (primary N) is 1. The summed E-state index contributed by atoms with van der Waals surface area (Å²) in [4.78, 5) is 39.0. The molecule has 0 radical (unpaired) electrons. The van der Waals surface area contributed by atoms with E-state index in [1.165, 1.54) is 24.4 Å². The third-order valence-electron chi connectivity index (χ3n) is 6.58. The van der Waals surface area contributed by atoms with Crippen LogP contribution in [0.5, 0.6) is 0 Å². The number of halogens is 8. The van der Waals surface area contributed by atoms with E-state index < -0.39 is 40.0 Å². The first-order chi connectivity index (χ1) is 25.1. The fourth-order valence-corrected chi connectivity index (χ4v) is 4.73. The van der Waals surface area contributed by atoms with Gasteiger partial charge in [0.1, 0.15) is 51.7 Å². The monoisotopic (exact) mass is 812 g/mol. The quantitative estimate of drug-likeness (QED) is 0.0750. The molecule has 4 aromatic heterocycles. The van der Waals surface area contributed by atoms with Crippen LogP contribution in [0.2, 0.25) is 5.02 Å². The number of alkyl halides is 2. The second-order valence-corrected chi connectivity index (χ2v) is 11.9. The summed E-state index contributed by atoms with van der Waals surface area (Å²) in [6, 6.07) is 11.9. The first-order valence-corrected chi connectivity index (χ1v) is 16.7. The van der Waals surface area contributed by atoms with Gasteiger partial charge in [0.05, 0.1) is 15.9 Å². The van der Waals surface area contributed by atoms with Crippen molar-refractivity contribution in [3.63, 3.8) is 0 Å². The lowest BCUT2D eigenvalue weighted by molar-refractivity contribution is 0.101. The van der Waals surface area contributed by atoms with Crippen LogP contribution >= 0.6 is 46.4 Å². The molecule has 18 heteroatoms. The molecule has 0 saturated carbocycles. The topological polar surface area (TPSA) is 150 Å². The zero-order valence-electron chi connectivity index (χ0n) is 28.1. The molecular formula is C35H28Cl4F4N6O4. The second kappa shape index (κ2) is 19.7. The van der Waals surface area contributed by atoms with E-state index in [0.717, 1.165) is 23.1 Å². The fourth-order valence-electron chi connectivity index (χ4n) is 4.32. The van der Waals surface area contributed by atoms with Crippen LogP contribution in [0.3, 0.4) is 0 Å². The van der Waals surface area contributed by atoms with E-state index in [1.807, 2.05) is 19.9 Å². The largest absolute Gasteiger partial charge is 0.446 e. The highest BCUT2D eigenvalue weighted by atomic mass is 35.5. The number of hydrogen-bond acceptors (Lipinski definition) is 9. The Hall–Kier alpha value is -5.02. The van der Waals surface area contributed by atoms with Crippen LogP contribution in [0, 0.1) is 51.0 Å². The maximum Gasteiger partial charge on any atom is 0.262 e. The van der Waals surface area contributed by atoms with Gasteiger partial charge in [0, 0.05) is 37.4 Å². The van der Waals surface area contributed by atoms with Gasteiger partial charge in [-0.2, -0.15) is 0 Å². The highest BCUT2D eigenvalue weighted by Crippen LogP contribution is 2.25. The Kier molecular flexibility index (Phi) is 15.8. The first kappa shape index (κ1) is 42.4. The van der Waals surface area contributed by atoms with E-state index in [2.05, 4.69) is 25.3 Å².